The van der Waals surface area contributed by atoms with E-state index in [2.05, 4.69) is 5.32 Å². The molecule has 7 heteroatoms. The predicted octanol–water partition coefficient (Wildman–Crippen LogP) is 3.53. The summed E-state index contributed by atoms with van der Waals surface area (Å²) in [6.07, 6.45) is 0. The van der Waals surface area contributed by atoms with E-state index in [0.717, 1.165) is 12.1 Å². The van der Waals surface area contributed by atoms with Gasteiger partial charge in [-0.15, -0.1) is 0 Å². The summed E-state index contributed by atoms with van der Waals surface area (Å²) in [5.41, 5.74) is 11.2. The van der Waals surface area contributed by atoms with Crippen molar-refractivity contribution in [3.8, 4) is 0 Å². The summed E-state index contributed by atoms with van der Waals surface area (Å²) in [5, 5.41) is 2.36. The maximum absolute atomic E-state index is 13.9. The molecule has 2 aromatic carbocycles. The van der Waals surface area contributed by atoms with E-state index in [1.54, 1.807) is 0 Å². The summed E-state index contributed by atoms with van der Waals surface area (Å²) in [7, 11) is 0. The highest BCUT2D eigenvalue weighted by molar-refractivity contribution is 6.33. The minimum atomic E-state index is -0.813. The number of rotatable bonds is 3. The van der Waals surface area contributed by atoms with Gasteiger partial charge in [-0.25, -0.2) is 13.2 Å². The largest absolute Gasteiger partial charge is 0.397 e. The van der Waals surface area contributed by atoms with Crippen LogP contribution in [0.3, 0.4) is 0 Å². The number of hydrogen-bond donors (Lipinski definition) is 3. The van der Waals surface area contributed by atoms with Gasteiger partial charge in [-0.3, -0.25) is 0 Å². The molecule has 0 saturated heterocycles. The van der Waals surface area contributed by atoms with Gasteiger partial charge in [0.2, 0.25) is 0 Å². The molecule has 0 bridgehead atoms. The summed E-state index contributed by atoms with van der Waals surface area (Å²) in [4.78, 5) is 0. The average molecular weight is 302 g/mol. The van der Waals surface area contributed by atoms with Crippen molar-refractivity contribution in [2.45, 2.75) is 6.54 Å². The van der Waals surface area contributed by atoms with E-state index in [1.807, 2.05) is 0 Å². The smallest absolute Gasteiger partial charge is 0.169 e. The Kier molecular flexibility index (Phi) is 3.94. The third-order valence-electron chi connectivity index (χ3n) is 2.74. The van der Waals surface area contributed by atoms with Gasteiger partial charge >= 0.3 is 0 Å². The Morgan fingerprint density at radius 2 is 1.75 bits per heavy atom. The van der Waals surface area contributed by atoms with Gasteiger partial charge in [0.1, 0.15) is 16.7 Å². The second-order valence-corrected chi connectivity index (χ2v) is 4.53. The van der Waals surface area contributed by atoms with Crippen LogP contribution in [0, 0.1) is 17.5 Å². The van der Waals surface area contributed by atoms with E-state index in [4.69, 9.17) is 23.1 Å². The molecular weight excluding hydrogens is 291 g/mol. The Morgan fingerprint density at radius 3 is 2.40 bits per heavy atom. The van der Waals surface area contributed by atoms with Crippen molar-refractivity contribution in [2.75, 3.05) is 16.8 Å². The van der Waals surface area contributed by atoms with Crippen molar-refractivity contribution in [1.82, 2.24) is 0 Å². The van der Waals surface area contributed by atoms with Crippen LogP contribution in [0.5, 0.6) is 0 Å². The third-order valence-corrected chi connectivity index (χ3v) is 3.12. The molecule has 0 aliphatic rings. The minimum absolute atomic E-state index is 0.0141. The van der Waals surface area contributed by atoms with Crippen LogP contribution in [0.15, 0.2) is 24.3 Å². The topological polar surface area (TPSA) is 64.1 Å². The first-order chi connectivity index (χ1) is 9.40. The molecule has 20 heavy (non-hydrogen) atoms. The molecule has 3 nitrogen and oxygen atoms in total. The van der Waals surface area contributed by atoms with E-state index in [1.165, 1.54) is 12.1 Å². The van der Waals surface area contributed by atoms with E-state index in [0.29, 0.717) is 0 Å². The van der Waals surface area contributed by atoms with Crippen molar-refractivity contribution < 1.29 is 13.2 Å². The maximum Gasteiger partial charge on any atom is 0.169 e. The first kappa shape index (κ1) is 14.3. The van der Waals surface area contributed by atoms with Gasteiger partial charge in [0, 0.05) is 18.2 Å². The molecule has 0 spiro atoms. The normalized spacial score (nSPS) is 10.6. The lowest BCUT2D eigenvalue weighted by molar-refractivity contribution is 0.573. The predicted molar refractivity (Wildman–Crippen MR) is 73.9 cm³/mol. The van der Waals surface area contributed by atoms with Crippen LogP contribution in [0.4, 0.5) is 30.2 Å². The lowest BCUT2D eigenvalue weighted by atomic mass is 10.2. The number of benzene rings is 2. The monoisotopic (exact) mass is 301 g/mol. The molecule has 0 unspecified atom stereocenters. The van der Waals surface area contributed by atoms with Gasteiger partial charge in [0.15, 0.2) is 5.82 Å². The van der Waals surface area contributed by atoms with Crippen molar-refractivity contribution >= 4 is 28.7 Å². The molecule has 5 N–H and O–H groups in total. The van der Waals surface area contributed by atoms with Crippen LogP contribution in [0.25, 0.3) is 0 Å². The Morgan fingerprint density at radius 1 is 1.05 bits per heavy atom. The summed E-state index contributed by atoms with van der Waals surface area (Å²) in [6, 6.07) is 4.40. The molecule has 0 aliphatic carbocycles. The van der Waals surface area contributed by atoms with Gasteiger partial charge in [-0.1, -0.05) is 17.7 Å². The minimum Gasteiger partial charge on any atom is -0.397 e. The molecule has 106 valence electrons. The molecule has 2 aromatic rings. The second kappa shape index (κ2) is 5.50. The number of nitrogen functional groups attached to an aromatic ring is 2. The Balaban J connectivity index is 2.25. The lowest BCUT2D eigenvalue weighted by Crippen LogP contribution is -2.08. The molecule has 0 aliphatic heterocycles. The molecule has 0 amide bonds. The standard InChI is InChI=1S/C13H11ClF3N3/c14-11-9(18)4-10(19)13(12(11)17)20-5-6-1-2-7(15)3-8(6)16/h1-4,20H,5,18-19H2. The van der Waals surface area contributed by atoms with E-state index >= 15 is 0 Å². The van der Waals surface area contributed by atoms with Gasteiger partial charge in [0.05, 0.1) is 17.1 Å². The molecule has 0 aromatic heterocycles. The fourth-order valence-corrected chi connectivity index (χ4v) is 1.84. The fourth-order valence-electron chi connectivity index (χ4n) is 1.69. The molecule has 0 atom stereocenters. The first-order valence-electron chi connectivity index (χ1n) is 5.61. The lowest BCUT2D eigenvalue weighted by Gasteiger charge is -2.13. The van der Waals surface area contributed by atoms with Crippen LogP contribution in [-0.2, 0) is 6.54 Å². The highest BCUT2D eigenvalue weighted by Crippen LogP contribution is 2.33. The molecule has 0 radical (unpaired) electrons. The first-order valence-corrected chi connectivity index (χ1v) is 5.98. The maximum atomic E-state index is 13.9. The number of nitrogens with one attached hydrogen (secondary N) is 1. The molecule has 0 heterocycles. The van der Waals surface area contributed by atoms with E-state index in [9.17, 15) is 13.2 Å². The number of hydrogen-bond acceptors (Lipinski definition) is 3. The van der Waals surface area contributed by atoms with Crippen LogP contribution in [0.1, 0.15) is 5.56 Å². The number of anilines is 3. The SMILES string of the molecule is Nc1cc(N)c(NCc2ccc(F)cc2F)c(F)c1Cl. The zero-order valence-electron chi connectivity index (χ0n) is 10.2. The zero-order valence-corrected chi connectivity index (χ0v) is 10.9. The zero-order chi connectivity index (χ0) is 14.9. The van der Waals surface area contributed by atoms with Crippen molar-refractivity contribution in [2.24, 2.45) is 0 Å². The van der Waals surface area contributed by atoms with E-state index in [-0.39, 0.29) is 34.2 Å². The summed E-state index contributed by atoms with van der Waals surface area (Å²) in [6.45, 7) is -0.0759. The number of halogens is 4. The van der Waals surface area contributed by atoms with Crippen LogP contribution >= 0.6 is 11.6 Å². The van der Waals surface area contributed by atoms with Crippen molar-refractivity contribution in [3.63, 3.8) is 0 Å². The molecule has 0 saturated carbocycles. The van der Waals surface area contributed by atoms with Crippen molar-refractivity contribution in [1.29, 1.82) is 0 Å². The van der Waals surface area contributed by atoms with E-state index < -0.39 is 17.5 Å². The van der Waals surface area contributed by atoms with Crippen LogP contribution < -0.4 is 16.8 Å². The summed E-state index contributed by atoms with van der Waals surface area (Å²) < 4.78 is 40.1. The summed E-state index contributed by atoms with van der Waals surface area (Å²) in [5.74, 6) is -2.24. The third kappa shape index (κ3) is 2.75. The molecule has 0 fully saturated rings. The molecular formula is C13H11ClF3N3. The Labute approximate surface area is 118 Å². The van der Waals surface area contributed by atoms with Gasteiger partial charge < -0.3 is 16.8 Å². The van der Waals surface area contributed by atoms with Gasteiger partial charge in [-0.05, 0) is 12.1 Å². The van der Waals surface area contributed by atoms with Crippen LogP contribution in [0.2, 0.25) is 5.02 Å². The number of nitrogens with two attached hydrogens (primary N) is 2. The molecule has 2 rings (SSSR count). The van der Waals surface area contributed by atoms with Crippen molar-refractivity contribution in [3.05, 3.63) is 52.3 Å². The second-order valence-electron chi connectivity index (χ2n) is 4.15. The average Bonchev–Trinajstić information content (AvgIpc) is 2.38. The Bertz CT molecular complexity index is 662. The fraction of sp³-hybridized carbons (Fsp3) is 0.0769. The Hall–Kier alpha value is -2.08. The summed E-state index contributed by atoms with van der Waals surface area (Å²) >= 11 is 5.67. The van der Waals surface area contributed by atoms with Crippen LogP contribution in [-0.4, -0.2) is 0 Å². The van der Waals surface area contributed by atoms with Gasteiger partial charge in [-0.2, -0.15) is 0 Å². The highest BCUT2D eigenvalue weighted by atomic mass is 35.5. The van der Waals surface area contributed by atoms with Gasteiger partial charge in [0.25, 0.3) is 0 Å². The quantitative estimate of drug-likeness (QED) is 0.760. The highest BCUT2D eigenvalue weighted by Gasteiger charge is 2.14.